The van der Waals surface area contributed by atoms with Crippen molar-refractivity contribution in [2.75, 3.05) is 21.3 Å². The van der Waals surface area contributed by atoms with Gasteiger partial charge in [0.05, 0.1) is 0 Å². The second kappa shape index (κ2) is 6.70. The predicted octanol–water partition coefficient (Wildman–Crippen LogP) is 1.42. The summed E-state index contributed by atoms with van der Waals surface area (Å²) in [5.41, 5.74) is 0.446. The summed E-state index contributed by atoms with van der Waals surface area (Å²) in [6.45, 7) is 3.52. The molecule has 4 heteroatoms. The molecule has 14 heavy (non-hydrogen) atoms. The highest BCUT2D eigenvalue weighted by Crippen LogP contribution is 2.20. The molecule has 0 bridgehead atoms. The fourth-order valence-corrected chi connectivity index (χ4v) is 1.13. The van der Waals surface area contributed by atoms with Crippen LogP contribution in [0.1, 0.15) is 19.3 Å². The van der Waals surface area contributed by atoms with Gasteiger partial charge in [-0.2, -0.15) is 0 Å². The number of hydrogen-bond donors (Lipinski definition) is 0. The number of hydrogen-bond acceptors (Lipinski definition) is 4. The number of rotatable bonds is 8. The lowest BCUT2D eigenvalue weighted by atomic mass is 10.1. The summed E-state index contributed by atoms with van der Waals surface area (Å²) in [6, 6.07) is 0. The van der Waals surface area contributed by atoms with Crippen LogP contribution in [0.2, 0.25) is 0 Å². The van der Waals surface area contributed by atoms with E-state index >= 15 is 0 Å². The summed E-state index contributed by atoms with van der Waals surface area (Å²) in [7, 11) is 4.52. The zero-order valence-corrected chi connectivity index (χ0v) is 8.96. The monoisotopic (exact) mass is 201 g/mol. The molecule has 0 rings (SSSR count). The molecule has 0 fully saturated rings. The van der Waals surface area contributed by atoms with Gasteiger partial charge in [0.25, 0.3) is 5.97 Å². The minimum Gasteiger partial charge on any atom is -0.331 e. The molecular weight excluding hydrogens is 184 g/mol. The lowest BCUT2D eigenvalue weighted by Gasteiger charge is -2.28. The summed E-state index contributed by atoms with van der Waals surface area (Å²) in [4.78, 5) is 10.2. The first-order valence-electron chi connectivity index (χ1n) is 4.35. The number of methoxy groups -OCH3 is 3. The van der Waals surface area contributed by atoms with Crippen molar-refractivity contribution in [1.82, 2.24) is 0 Å². The molecule has 0 aliphatic heterocycles. The van der Waals surface area contributed by atoms with Crippen LogP contribution in [0.15, 0.2) is 12.2 Å². The molecule has 0 heterocycles. The van der Waals surface area contributed by atoms with Gasteiger partial charge in [-0.05, 0) is 18.4 Å². The molecule has 0 spiro atoms. The van der Waals surface area contributed by atoms with E-state index in [0.29, 0.717) is 24.8 Å². The highest BCUT2D eigenvalue weighted by Gasteiger charge is 2.28. The lowest BCUT2D eigenvalue weighted by Crippen LogP contribution is -2.35. The molecule has 0 aromatic heterocycles. The third-order valence-electron chi connectivity index (χ3n) is 2.04. The minimum atomic E-state index is -1.01. The zero-order valence-electron chi connectivity index (χ0n) is 8.96. The van der Waals surface area contributed by atoms with Crippen molar-refractivity contribution in [3.63, 3.8) is 0 Å². The van der Waals surface area contributed by atoms with Crippen LogP contribution in [-0.4, -0.2) is 33.6 Å². The van der Waals surface area contributed by atoms with E-state index in [-0.39, 0.29) is 0 Å². The molecule has 0 atom stereocenters. The van der Waals surface area contributed by atoms with E-state index in [0.717, 1.165) is 0 Å². The van der Waals surface area contributed by atoms with Crippen molar-refractivity contribution in [2.24, 2.45) is 0 Å². The maximum absolute atomic E-state index is 10.2. The van der Waals surface area contributed by atoms with Crippen LogP contribution < -0.4 is 0 Å². The highest BCUT2D eigenvalue weighted by molar-refractivity contribution is 5.72. The smallest absolute Gasteiger partial charge is 0.282 e. The van der Waals surface area contributed by atoms with Gasteiger partial charge >= 0.3 is 0 Å². The highest BCUT2D eigenvalue weighted by atomic mass is 16.9. The van der Waals surface area contributed by atoms with Crippen LogP contribution in [0.5, 0.6) is 0 Å². The summed E-state index contributed by atoms with van der Waals surface area (Å²) in [5.74, 6) is -1.01. The largest absolute Gasteiger partial charge is 0.331 e. The van der Waals surface area contributed by atoms with Crippen molar-refractivity contribution in [3.05, 3.63) is 12.2 Å². The summed E-state index contributed by atoms with van der Waals surface area (Å²) in [5, 5.41) is 0. The number of carbonyl (C=O) groups excluding carboxylic acids is 1. The Labute approximate surface area is 84.8 Å². The summed E-state index contributed by atoms with van der Waals surface area (Å²) >= 11 is 0. The standard InChI is InChI=1S/C10H17O4/c1-9(8-11)6-5-7-10(12-2,13-3)14-4/h1,5-7H2,2-4H3. The Morgan fingerprint density at radius 2 is 1.79 bits per heavy atom. The van der Waals surface area contributed by atoms with E-state index in [4.69, 9.17) is 14.2 Å². The second-order valence-electron chi connectivity index (χ2n) is 2.85. The molecule has 0 aromatic rings. The normalized spacial score (nSPS) is 11.4. The van der Waals surface area contributed by atoms with E-state index in [1.807, 2.05) is 0 Å². The van der Waals surface area contributed by atoms with Gasteiger partial charge in [-0.15, -0.1) is 0 Å². The van der Waals surface area contributed by atoms with E-state index in [1.54, 1.807) is 6.29 Å². The van der Waals surface area contributed by atoms with Crippen LogP contribution in [0.3, 0.4) is 0 Å². The van der Waals surface area contributed by atoms with Gasteiger partial charge in [-0.3, -0.25) is 4.79 Å². The van der Waals surface area contributed by atoms with E-state index in [2.05, 4.69) is 6.58 Å². The van der Waals surface area contributed by atoms with Crippen LogP contribution in [0.25, 0.3) is 0 Å². The molecule has 0 saturated heterocycles. The fourth-order valence-electron chi connectivity index (χ4n) is 1.13. The Kier molecular flexibility index (Phi) is 6.36. The number of ether oxygens (including phenoxy) is 3. The zero-order chi connectivity index (χ0) is 11.0. The molecule has 0 aliphatic carbocycles. The van der Waals surface area contributed by atoms with E-state index in [1.165, 1.54) is 21.3 Å². The van der Waals surface area contributed by atoms with Crippen LogP contribution >= 0.6 is 0 Å². The molecule has 0 amide bonds. The molecule has 0 N–H and O–H groups in total. The molecule has 81 valence electrons. The quantitative estimate of drug-likeness (QED) is 0.440. The topological polar surface area (TPSA) is 44.8 Å². The molecule has 1 radical (unpaired) electrons. The molecule has 0 aromatic carbocycles. The average molecular weight is 201 g/mol. The van der Waals surface area contributed by atoms with Crippen molar-refractivity contribution in [2.45, 2.75) is 25.2 Å². The molecule has 0 aliphatic rings. The van der Waals surface area contributed by atoms with Gasteiger partial charge in [-0.1, -0.05) is 6.58 Å². The van der Waals surface area contributed by atoms with Crippen LogP contribution in [0.4, 0.5) is 0 Å². The van der Waals surface area contributed by atoms with Crippen molar-refractivity contribution >= 4 is 6.29 Å². The fraction of sp³-hybridized carbons (Fsp3) is 0.700. The third kappa shape index (κ3) is 4.00. The van der Waals surface area contributed by atoms with Crippen LogP contribution in [0, 0.1) is 0 Å². The third-order valence-corrected chi connectivity index (χ3v) is 2.04. The molecule has 4 nitrogen and oxygen atoms in total. The van der Waals surface area contributed by atoms with E-state index in [9.17, 15) is 4.79 Å². The summed E-state index contributed by atoms with van der Waals surface area (Å²) in [6.07, 6.45) is 3.55. The first-order valence-corrected chi connectivity index (χ1v) is 4.35. The first kappa shape index (κ1) is 13.3. The first-order chi connectivity index (χ1) is 6.64. The SMILES string of the molecule is C=C([C]=O)CCCC(OC)(OC)OC. The van der Waals surface area contributed by atoms with Gasteiger partial charge < -0.3 is 14.2 Å². The Morgan fingerprint density at radius 3 is 2.14 bits per heavy atom. The minimum absolute atomic E-state index is 0.446. The predicted molar refractivity (Wildman–Crippen MR) is 52.4 cm³/mol. The Balaban J connectivity index is 3.94. The van der Waals surface area contributed by atoms with Gasteiger partial charge in [0.15, 0.2) is 0 Å². The van der Waals surface area contributed by atoms with Gasteiger partial charge in [0, 0.05) is 27.8 Å². The van der Waals surface area contributed by atoms with Crippen LogP contribution in [-0.2, 0) is 19.0 Å². The number of allylic oxidation sites excluding steroid dienone is 1. The maximum atomic E-state index is 10.2. The Bertz CT molecular complexity index is 176. The van der Waals surface area contributed by atoms with E-state index < -0.39 is 5.97 Å². The molecular formula is C10H17O4. The lowest BCUT2D eigenvalue weighted by molar-refractivity contribution is -0.355. The van der Waals surface area contributed by atoms with Gasteiger partial charge in [-0.25, -0.2) is 0 Å². The van der Waals surface area contributed by atoms with Gasteiger partial charge in [0.1, 0.15) is 0 Å². The van der Waals surface area contributed by atoms with Crippen molar-refractivity contribution < 1.29 is 19.0 Å². The Hall–Kier alpha value is -0.710. The van der Waals surface area contributed by atoms with Crippen molar-refractivity contribution in [1.29, 1.82) is 0 Å². The maximum Gasteiger partial charge on any atom is 0.282 e. The molecule has 0 saturated carbocycles. The van der Waals surface area contributed by atoms with Gasteiger partial charge in [0.2, 0.25) is 6.29 Å². The second-order valence-corrected chi connectivity index (χ2v) is 2.85. The van der Waals surface area contributed by atoms with Crippen molar-refractivity contribution in [3.8, 4) is 0 Å². The average Bonchev–Trinajstić information content (AvgIpc) is 2.25. The summed E-state index contributed by atoms with van der Waals surface area (Å²) < 4.78 is 15.2. The molecule has 0 unspecified atom stereocenters. The Morgan fingerprint density at radius 1 is 1.29 bits per heavy atom.